The highest BCUT2D eigenvalue weighted by molar-refractivity contribution is 7.99. The Morgan fingerprint density at radius 1 is 1.36 bits per heavy atom. The summed E-state index contributed by atoms with van der Waals surface area (Å²) >= 11 is 1.95. The van der Waals surface area contributed by atoms with E-state index >= 15 is 0 Å². The molecule has 14 heavy (non-hydrogen) atoms. The van der Waals surface area contributed by atoms with E-state index in [4.69, 9.17) is 4.74 Å². The lowest BCUT2D eigenvalue weighted by atomic mass is 10.2. The van der Waals surface area contributed by atoms with Gasteiger partial charge in [-0.1, -0.05) is 0 Å². The van der Waals surface area contributed by atoms with E-state index in [-0.39, 0.29) is 11.9 Å². The fourth-order valence-electron chi connectivity index (χ4n) is 1.40. The minimum atomic E-state index is -0.323. The van der Waals surface area contributed by atoms with E-state index in [9.17, 15) is 4.39 Å². The standard InChI is InChI=1S/C10H12FNOS/c11-8-1-2-10(12-7-8)13-9-3-5-14-6-4-9/h1-2,7,9H,3-6H2. The molecule has 76 valence electrons. The van der Waals surface area contributed by atoms with Crippen LogP contribution in [0, 0.1) is 5.82 Å². The van der Waals surface area contributed by atoms with Crippen LogP contribution in [0.15, 0.2) is 18.3 Å². The third-order valence-corrected chi connectivity index (χ3v) is 3.20. The topological polar surface area (TPSA) is 22.1 Å². The molecule has 1 aliphatic heterocycles. The zero-order valence-electron chi connectivity index (χ0n) is 7.78. The fourth-order valence-corrected chi connectivity index (χ4v) is 2.46. The number of ether oxygens (including phenoxy) is 1. The van der Waals surface area contributed by atoms with Crippen molar-refractivity contribution >= 4 is 11.8 Å². The van der Waals surface area contributed by atoms with E-state index in [1.165, 1.54) is 12.3 Å². The molecule has 0 radical (unpaired) electrons. The van der Waals surface area contributed by atoms with Crippen LogP contribution in [0.25, 0.3) is 0 Å². The first-order chi connectivity index (χ1) is 6.84. The van der Waals surface area contributed by atoms with Crippen molar-refractivity contribution in [3.05, 3.63) is 24.1 Å². The van der Waals surface area contributed by atoms with Gasteiger partial charge < -0.3 is 4.74 Å². The molecule has 1 saturated heterocycles. The van der Waals surface area contributed by atoms with Gasteiger partial charge in [0.25, 0.3) is 0 Å². The number of halogens is 1. The Labute approximate surface area is 86.9 Å². The minimum absolute atomic E-state index is 0.259. The zero-order chi connectivity index (χ0) is 9.80. The Bertz CT molecular complexity index is 285. The molecule has 0 amide bonds. The van der Waals surface area contributed by atoms with E-state index in [0.717, 1.165) is 24.3 Å². The summed E-state index contributed by atoms with van der Waals surface area (Å²) in [5.41, 5.74) is 0. The predicted octanol–water partition coefficient (Wildman–Crippen LogP) is 2.50. The maximum atomic E-state index is 12.5. The van der Waals surface area contributed by atoms with Crippen LogP contribution in [0.2, 0.25) is 0 Å². The van der Waals surface area contributed by atoms with Crippen molar-refractivity contribution in [3.63, 3.8) is 0 Å². The molecule has 0 atom stereocenters. The smallest absolute Gasteiger partial charge is 0.213 e. The van der Waals surface area contributed by atoms with Gasteiger partial charge in [0, 0.05) is 6.07 Å². The van der Waals surface area contributed by atoms with Crippen molar-refractivity contribution in [2.24, 2.45) is 0 Å². The van der Waals surface area contributed by atoms with E-state index < -0.39 is 0 Å². The van der Waals surface area contributed by atoms with Gasteiger partial charge in [-0.3, -0.25) is 0 Å². The normalized spacial score (nSPS) is 18.1. The predicted molar refractivity (Wildman–Crippen MR) is 55.2 cm³/mol. The molecular formula is C10H12FNOS. The van der Waals surface area contributed by atoms with Crippen molar-refractivity contribution in [3.8, 4) is 5.88 Å². The molecule has 0 aromatic carbocycles. The first kappa shape index (κ1) is 9.77. The van der Waals surface area contributed by atoms with Gasteiger partial charge in [0.2, 0.25) is 5.88 Å². The molecular weight excluding hydrogens is 201 g/mol. The second kappa shape index (κ2) is 4.64. The van der Waals surface area contributed by atoms with E-state index in [0.29, 0.717) is 5.88 Å². The molecule has 1 fully saturated rings. The summed E-state index contributed by atoms with van der Waals surface area (Å²) in [6, 6.07) is 2.96. The number of thioether (sulfide) groups is 1. The molecule has 0 aliphatic carbocycles. The van der Waals surface area contributed by atoms with Gasteiger partial charge >= 0.3 is 0 Å². The molecule has 0 unspecified atom stereocenters. The molecule has 1 aliphatic rings. The van der Waals surface area contributed by atoms with Crippen LogP contribution in [-0.2, 0) is 0 Å². The van der Waals surface area contributed by atoms with Gasteiger partial charge in [0.05, 0.1) is 6.20 Å². The van der Waals surface area contributed by atoms with Crippen molar-refractivity contribution < 1.29 is 9.13 Å². The van der Waals surface area contributed by atoms with Gasteiger partial charge in [0.1, 0.15) is 11.9 Å². The summed E-state index contributed by atoms with van der Waals surface area (Å²) in [5, 5.41) is 0. The van der Waals surface area contributed by atoms with Crippen LogP contribution in [0.3, 0.4) is 0 Å². The Morgan fingerprint density at radius 3 is 2.79 bits per heavy atom. The fraction of sp³-hybridized carbons (Fsp3) is 0.500. The third kappa shape index (κ3) is 2.61. The summed E-state index contributed by atoms with van der Waals surface area (Å²) in [6.45, 7) is 0. The second-order valence-electron chi connectivity index (χ2n) is 3.24. The highest BCUT2D eigenvalue weighted by atomic mass is 32.2. The molecule has 1 aromatic heterocycles. The number of hydrogen-bond acceptors (Lipinski definition) is 3. The molecule has 2 heterocycles. The van der Waals surface area contributed by atoms with Crippen LogP contribution < -0.4 is 4.74 Å². The molecule has 0 spiro atoms. The zero-order valence-corrected chi connectivity index (χ0v) is 8.60. The minimum Gasteiger partial charge on any atom is -0.474 e. The Balaban J connectivity index is 1.92. The van der Waals surface area contributed by atoms with Crippen LogP contribution in [0.5, 0.6) is 5.88 Å². The molecule has 0 saturated carbocycles. The van der Waals surface area contributed by atoms with Gasteiger partial charge in [-0.15, -0.1) is 0 Å². The number of rotatable bonds is 2. The average molecular weight is 213 g/mol. The molecule has 0 N–H and O–H groups in total. The molecule has 1 aromatic rings. The number of pyridine rings is 1. The Kier molecular flexibility index (Phi) is 3.24. The number of aromatic nitrogens is 1. The first-order valence-electron chi connectivity index (χ1n) is 4.70. The van der Waals surface area contributed by atoms with E-state index in [1.807, 2.05) is 11.8 Å². The third-order valence-electron chi connectivity index (χ3n) is 2.16. The van der Waals surface area contributed by atoms with E-state index in [2.05, 4.69) is 4.98 Å². The molecule has 2 nitrogen and oxygen atoms in total. The summed E-state index contributed by atoms with van der Waals surface area (Å²) in [5.74, 6) is 2.50. The molecule has 2 rings (SSSR count). The SMILES string of the molecule is Fc1ccc(OC2CCSCC2)nc1. The lowest BCUT2D eigenvalue weighted by Gasteiger charge is -2.21. The van der Waals surface area contributed by atoms with Gasteiger partial charge in [0.15, 0.2) is 0 Å². The van der Waals surface area contributed by atoms with Gasteiger partial charge in [-0.2, -0.15) is 11.8 Å². The summed E-state index contributed by atoms with van der Waals surface area (Å²) in [6.07, 6.45) is 3.56. The van der Waals surface area contributed by atoms with Crippen LogP contribution in [0.1, 0.15) is 12.8 Å². The summed E-state index contributed by atoms with van der Waals surface area (Å²) in [7, 11) is 0. The Hall–Kier alpha value is -0.770. The van der Waals surface area contributed by atoms with Crippen LogP contribution in [0.4, 0.5) is 4.39 Å². The lowest BCUT2D eigenvalue weighted by Crippen LogP contribution is -2.22. The molecule has 4 heteroatoms. The van der Waals surface area contributed by atoms with Crippen molar-refractivity contribution in [1.29, 1.82) is 0 Å². The van der Waals surface area contributed by atoms with Crippen molar-refractivity contribution in [2.45, 2.75) is 18.9 Å². The average Bonchev–Trinajstić information content (AvgIpc) is 2.23. The maximum Gasteiger partial charge on any atom is 0.213 e. The van der Waals surface area contributed by atoms with Gasteiger partial charge in [-0.05, 0) is 30.4 Å². The highest BCUT2D eigenvalue weighted by Crippen LogP contribution is 2.21. The lowest BCUT2D eigenvalue weighted by molar-refractivity contribution is 0.184. The number of nitrogens with zero attached hydrogens (tertiary/aromatic N) is 1. The second-order valence-corrected chi connectivity index (χ2v) is 4.47. The Morgan fingerprint density at radius 2 is 2.14 bits per heavy atom. The van der Waals surface area contributed by atoms with Gasteiger partial charge in [-0.25, -0.2) is 9.37 Å². The summed E-state index contributed by atoms with van der Waals surface area (Å²) in [4.78, 5) is 3.87. The number of hydrogen-bond donors (Lipinski definition) is 0. The highest BCUT2D eigenvalue weighted by Gasteiger charge is 2.15. The van der Waals surface area contributed by atoms with Crippen molar-refractivity contribution in [1.82, 2.24) is 4.98 Å². The molecule has 0 bridgehead atoms. The van der Waals surface area contributed by atoms with Crippen LogP contribution >= 0.6 is 11.8 Å². The summed E-state index contributed by atoms with van der Waals surface area (Å²) < 4.78 is 18.2. The van der Waals surface area contributed by atoms with E-state index in [1.54, 1.807) is 6.07 Å². The largest absolute Gasteiger partial charge is 0.474 e. The van der Waals surface area contributed by atoms with Crippen molar-refractivity contribution in [2.75, 3.05) is 11.5 Å². The maximum absolute atomic E-state index is 12.5. The first-order valence-corrected chi connectivity index (χ1v) is 5.86. The van der Waals surface area contributed by atoms with Crippen LogP contribution in [-0.4, -0.2) is 22.6 Å². The monoisotopic (exact) mass is 213 g/mol. The quantitative estimate of drug-likeness (QED) is 0.753.